The van der Waals surface area contributed by atoms with Crippen molar-refractivity contribution in [3.05, 3.63) is 59.9 Å². The highest BCUT2D eigenvalue weighted by atomic mass is 16.5. The third-order valence-electron chi connectivity index (χ3n) is 4.71. The van der Waals surface area contributed by atoms with Gasteiger partial charge in [-0.25, -0.2) is 0 Å². The molecule has 1 aromatic heterocycles. The molecule has 5 nitrogen and oxygen atoms in total. The van der Waals surface area contributed by atoms with Gasteiger partial charge < -0.3 is 10.1 Å². The number of aromatic nitrogens is 1. The molecule has 1 N–H and O–H groups in total. The summed E-state index contributed by atoms with van der Waals surface area (Å²) in [6, 6.07) is 11.7. The number of para-hydroxylation sites is 1. The number of nitrogens with one attached hydrogen (secondary N) is 1. The van der Waals surface area contributed by atoms with Crippen LogP contribution in [0.1, 0.15) is 41.2 Å². The summed E-state index contributed by atoms with van der Waals surface area (Å²) in [5, 5.41) is 3.07. The van der Waals surface area contributed by atoms with Crippen LogP contribution in [0, 0.1) is 0 Å². The van der Waals surface area contributed by atoms with E-state index in [9.17, 15) is 4.79 Å². The average Bonchev–Trinajstić information content (AvgIpc) is 2.70. The molecular formula is C20H25N3O2. The molecule has 1 saturated heterocycles. The number of amides is 1. The number of likely N-dealkylation sites (tertiary alicyclic amines) is 1. The van der Waals surface area contributed by atoms with Crippen LogP contribution in [-0.4, -0.2) is 42.5 Å². The van der Waals surface area contributed by atoms with Gasteiger partial charge in [-0.2, -0.15) is 0 Å². The van der Waals surface area contributed by atoms with Gasteiger partial charge in [0.25, 0.3) is 5.91 Å². The SMILES string of the molecule is COc1ccccc1C(CNC(=O)c1cccnc1)N1CCCCC1. The Morgan fingerprint density at radius 1 is 1.20 bits per heavy atom. The van der Waals surface area contributed by atoms with Crippen molar-refractivity contribution in [2.24, 2.45) is 0 Å². The predicted molar refractivity (Wildman–Crippen MR) is 97.7 cm³/mol. The Morgan fingerprint density at radius 3 is 2.72 bits per heavy atom. The molecule has 0 bridgehead atoms. The second kappa shape index (κ2) is 8.62. The lowest BCUT2D eigenvalue weighted by molar-refractivity contribution is 0.0923. The lowest BCUT2D eigenvalue weighted by Gasteiger charge is -2.35. The first-order valence-electron chi connectivity index (χ1n) is 8.85. The molecule has 5 heteroatoms. The minimum absolute atomic E-state index is 0.0926. The van der Waals surface area contributed by atoms with Crippen molar-refractivity contribution in [3.63, 3.8) is 0 Å². The number of ether oxygens (including phenoxy) is 1. The van der Waals surface area contributed by atoms with Crippen molar-refractivity contribution >= 4 is 5.91 Å². The Bertz CT molecular complexity index is 684. The maximum absolute atomic E-state index is 12.4. The van der Waals surface area contributed by atoms with Crippen LogP contribution in [0.2, 0.25) is 0 Å². The summed E-state index contributed by atoms with van der Waals surface area (Å²) < 4.78 is 5.56. The highest BCUT2D eigenvalue weighted by molar-refractivity contribution is 5.93. The van der Waals surface area contributed by atoms with E-state index in [4.69, 9.17) is 4.74 Å². The number of piperidine rings is 1. The van der Waals surface area contributed by atoms with Crippen molar-refractivity contribution in [2.75, 3.05) is 26.7 Å². The number of rotatable bonds is 6. The number of carbonyl (C=O) groups is 1. The maximum Gasteiger partial charge on any atom is 0.252 e. The van der Waals surface area contributed by atoms with Crippen LogP contribution in [0.3, 0.4) is 0 Å². The predicted octanol–water partition coefficient (Wildman–Crippen LogP) is 3.05. The second-order valence-electron chi connectivity index (χ2n) is 6.31. The zero-order chi connectivity index (χ0) is 17.5. The highest BCUT2D eigenvalue weighted by Crippen LogP contribution is 2.30. The number of pyridine rings is 1. The van der Waals surface area contributed by atoms with Crippen molar-refractivity contribution in [1.29, 1.82) is 0 Å². The molecule has 0 saturated carbocycles. The molecule has 1 atom stereocenters. The van der Waals surface area contributed by atoms with E-state index in [-0.39, 0.29) is 11.9 Å². The Hall–Kier alpha value is -2.40. The maximum atomic E-state index is 12.4. The summed E-state index contributed by atoms with van der Waals surface area (Å²) in [5.41, 5.74) is 1.71. The minimum atomic E-state index is -0.0926. The topological polar surface area (TPSA) is 54.5 Å². The fourth-order valence-corrected chi connectivity index (χ4v) is 3.40. The summed E-state index contributed by atoms with van der Waals surface area (Å²) >= 11 is 0. The standard InChI is InChI=1S/C20H25N3O2/c1-25-19-10-4-3-9-17(19)18(23-12-5-2-6-13-23)15-22-20(24)16-8-7-11-21-14-16/h3-4,7-11,14,18H,2,5-6,12-13,15H2,1H3,(H,22,24). The lowest BCUT2D eigenvalue weighted by Crippen LogP contribution is -2.40. The van der Waals surface area contributed by atoms with Crippen LogP contribution in [-0.2, 0) is 0 Å². The van der Waals surface area contributed by atoms with Crippen LogP contribution in [0.5, 0.6) is 5.75 Å². The number of carbonyl (C=O) groups excluding carboxylic acids is 1. The second-order valence-corrected chi connectivity index (χ2v) is 6.31. The van der Waals surface area contributed by atoms with Crippen LogP contribution >= 0.6 is 0 Å². The van der Waals surface area contributed by atoms with E-state index in [2.05, 4.69) is 21.3 Å². The summed E-state index contributed by atoms with van der Waals surface area (Å²) in [6.45, 7) is 2.64. The summed E-state index contributed by atoms with van der Waals surface area (Å²) in [5.74, 6) is 0.777. The van der Waals surface area contributed by atoms with E-state index in [1.165, 1.54) is 19.3 Å². The fourth-order valence-electron chi connectivity index (χ4n) is 3.40. The first kappa shape index (κ1) is 17.4. The summed E-state index contributed by atoms with van der Waals surface area (Å²) in [7, 11) is 1.69. The number of methoxy groups -OCH3 is 1. The van der Waals surface area contributed by atoms with Crippen molar-refractivity contribution in [1.82, 2.24) is 15.2 Å². The Kier molecular flexibility index (Phi) is 6.01. The van der Waals surface area contributed by atoms with Gasteiger partial charge >= 0.3 is 0 Å². The van der Waals surface area contributed by atoms with Crippen LogP contribution in [0.25, 0.3) is 0 Å². The normalized spacial score (nSPS) is 16.2. The number of nitrogens with zero attached hydrogens (tertiary/aromatic N) is 2. The summed E-state index contributed by atoms with van der Waals surface area (Å²) in [4.78, 5) is 18.9. The van der Waals surface area contributed by atoms with E-state index in [1.807, 2.05) is 18.2 Å². The van der Waals surface area contributed by atoms with E-state index >= 15 is 0 Å². The first-order valence-corrected chi connectivity index (χ1v) is 8.85. The Labute approximate surface area is 149 Å². The molecule has 0 aliphatic carbocycles. The molecule has 132 valence electrons. The Balaban J connectivity index is 1.78. The highest BCUT2D eigenvalue weighted by Gasteiger charge is 2.25. The van der Waals surface area contributed by atoms with Crippen molar-refractivity contribution in [3.8, 4) is 5.75 Å². The van der Waals surface area contributed by atoms with E-state index < -0.39 is 0 Å². The lowest BCUT2D eigenvalue weighted by atomic mass is 10.0. The van der Waals surface area contributed by atoms with Gasteiger partial charge in [0.1, 0.15) is 5.75 Å². The molecule has 0 spiro atoms. The largest absolute Gasteiger partial charge is 0.496 e. The van der Waals surface area contributed by atoms with E-state index in [0.717, 1.165) is 24.4 Å². The molecule has 25 heavy (non-hydrogen) atoms. The fraction of sp³-hybridized carbons (Fsp3) is 0.400. The smallest absolute Gasteiger partial charge is 0.252 e. The molecule has 1 aromatic carbocycles. The van der Waals surface area contributed by atoms with E-state index in [1.54, 1.807) is 31.6 Å². The van der Waals surface area contributed by atoms with Gasteiger partial charge in [-0.15, -0.1) is 0 Å². The zero-order valence-corrected chi connectivity index (χ0v) is 14.6. The summed E-state index contributed by atoms with van der Waals surface area (Å²) in [6.07, 6.45) is 6.93. The van der Waals surface area contributed by atoms with Gasteiger partial charge in [0.2, 0.25) is 0 Å². The third kappa shape index (κ3) is 4.37. The van der Waals surface area contributed by atoms with Crippen molar-refractivity contribution in [2.45, 2.75) is 25.3 Å². The Morgan fingerprint density at radius 2 is 2.00 bits per heavy atom. The van der Waals surface area contributed by atoms with Crippen molar-refractivity contribution < 1.29 is 9.53 Å². The van der Waals surface area contributed by atoms with Crippen LogP contribution in [0.4, 0.5) is 0 Å². The van der Waals surface area contributed by atoms with Crippen LogP contribution < -0.4 is 10.1 Å². The average molecular weight is 339 g/mol. The van der Waals surface area contributed by atoms with Gasteiger partial charge in [-0.1, -0.05) is 24.6 Å². The van der Waals surface area contributed by atoms with Gasteiger partial charge in [0.05, 0.1) is 18.7 Å². The van der Waals surface area contributed by atoms with Crippen LogP contribution in [0.15, 0.2) is 48.8 Å². The molecule has 1 unspecified atom stereocenters. The monoisotopic (exact) mass is 339 g/mol. The molecular weight excluding hydrogens is 314 g/mol. The first-order chi connectivity index (χ1) is 12.3. The van der Waals surface area contributed by atoms with E-state index in [0.29, 0.717) is 12.1 Å². The quantitative estimate of drug-likeness (QED) is 0.879. The molecule has 3 rings (SSSR count). The molecule has 1 fully saturated rings. The van der Waals surface area contributed by atoms with Gasteiger partial charge in [0, 0.05) is 24.5 Å². The third-order valence-corrected chi connectivity index (χ3v) is 4.71. The molecule has 2 aromatic rings. The molecule has 0 radical (unpaired) electrons. The number of hydrogen-bond acceptors (Lipinski definition) is 4. The van der Waals surface area contributed by atoms with Gasteiger partial charge in [-0.3, -0.25) is 14.7 Å². The number of hydrogen-bond donors (Lipinski definition) is 1. The van der Waals surface area contributed by atoms with Gasteiger partial charge in [0.15, 0.2) is 0 Å². The molecule has 2 heterocycles. The molecule has 1 amide bonds. The molecule has 1 aliphatic heterocycles. The zero-order valence-electron chi connectivity index (χ0n) is 14.6. The number of benzene rings is 1. The minimum Gasteiger partial charge on any atom is -0.496 e. The molecule has 1 aliphatic rings. The van der Waals surface area contributed by atoms with Gasteiger partial charge in [-0.05, 0) is 44.1 Å².